The molecule has 0 rings (SSSR count). The van der Waals surface area contributed by atoms with Gasteiger partial charge in [0.2, 0.25) is 0 Å². The van der Waals surface area contributed by atoms with Crippen molar-refractivity contribution in [2.75, 3.05) is 0 Å². The van der Waals surface area contributed by atoms with Gasteiger partial charge >= 0.3 is 0 Å². The van der Waals surface area contributed by atoms with E-state index in [2.05, 4.69) is 27.7 Å². The van der Waals surface area contributed by atoms with E-state index in [9.17, 15) is 0 Å². The summed E-state index contributed by atoms with van der Waals surface area (Å²) >= 11 is 0. The van der Waals surface area contributed by atoms with E-state index in [-0.39, 0.29) is 0 Å². The monoisotopic (exact) mass is 170 g/mol. The van der Waals surface area contributed by atoms with Gasteiger partial charge in [0.15, 0.2) is 0 Å². The van der Waals surface area contributed by atoms with Crippen LogP contribution in [0, 0.1) is 11.8 Å². The van der Waals surface area contributed by atoms with Crippen molar-refractivity contribution in [1.29, 1.82) is 0 Å². The lowest BCUT2D eigenvalue weighted by Gasteiger charge is -2.10. The molecule has 12 heavy (non-hydrogen) atoms. The van der Waals surface area contributed by atoms with Gasteiger partial charge < -0.3 is 0 Å². The van der Waals surface area contributed by atoms with E-state index in [1.165, 1.54) is 38.5 Å². The molecule has 0 aliphatic rings. The number of unbranched alkanes of at least 4 members (excludes halogenated alkanes) is 1. The smallest absolute Gasteiger partial charge is 0.0445 e. The Labute approximate surface area is 78.8 Å². The highest BCUT2D eigenvalue weighted by Crippen LogP contribution is 2.16. The summed E-state index contributed by atoms with van der Waals surface area (Å²) in [6.07, 6.45) is 8.46. The van der Waals surface area contributed by atoms with Gasteiger partial charge in [0.1, 0.15) is 0 Å². The highest BCUT2D eigenvalue weighted by molar-refractivity contribution is 4.54. The average Bonchev–Trinajstić information content (AvgIpc) is 2.11. The quantitative estimate of drug-likeness (QED) is 0.488. The van der Waals surface area contributed by atoms with Crippen LogP contribution in [0.3, 0.4) is 0 Å². The molecule has 0 aromatic heterocycles. The number of hydrogen-bond acceptors (Lipinski definition) is 0. The summed E-state index contributed by atoms with van der Waals surface area (Å²) in [5.74, 6) is 1.89. The standard InChI is InChI=1S/C12H26/c1-5-11(3)9-7-8-10-12(4)6-2/h11-12H,5-10H2,1-4H3/t11-,12-/m0/s1. The molecule has 0 radical (unpaired) electrons. The fourth-order valence-corrected chi connectivity index (χ4v) is 1.39. The predicted molar refractivity (Wildman–Crippen MR) is 57.4 cm³/mol. The van der Waals surface area contributed by atoms with Crippen LogP contribution in [0.2, 0.25) is 0 Å². The van der Waals surface area contributed by atoms with Gasteiger partial charge in [-0.2, -0.15) is 0 Å². The van der Waals surface area contributed by atoms with Crippen LogP contribution >= 0.6 is 0 Å². The molecule has 0 amide bonds. The molecular weight excluding hydrogens is 144 g/mol. The van der Waals surface area contributed by atoms with Gasteiger partial charge in [-0.15, -0.1) is 0 Å². The molecule has 0 unspecified atom stereocenters. The first-order valence-corrected chi connectivity index (χ1v) is 5.70. The second-order valence-electron chi connectivity index (χ2n) is 4.31. The maximum atomic E-state index is 2.36. The fraction of sp³-hybridized carbons (Fsp3) is 1.00. The van der Waals surface area contributed by atoms with Crippen molar-refractivity contribution in [1.82, 2.24) is 0 Å². The van der Waals surface area contributed by atoms with E-state index in [4.69, 9.17) is 0 Å². The summed E-state index contributed by atoms with van der Waals surface area (Å²) in [4.78, 5) is 0. The van der Waals surface area contributed by atoms with Crippen LogP contribution < -0.4 is 0 Å². The summed E-state index contributed by atoms with van der Waals surface area (Å²) in [5, 5.41) is 0. The van der Waals surface area contributed by atoms with E-state index in [1.807, 2.05) is 0 Å². The highest BCUT2D eigenvalue weighted by Gasteiger charge is 2.00. The zero-order valence-corrected chi connectivity index (χ0v) is 9.40. The SMILES string of the molecule is CC[C@H](C)CCCC[C@@H](C)CC. The molecule has 0 bridgehead atoms. The van der Waals surface area contributed by atoms with Crippen molar-refractivity contribution < 1.29 is 0 Å². The van der Waals surface area contributed by atoms with Crippen molar-refractivity contribution >= 4 is 0 Å². The van der Waals surface area contributed by atoms with Crippen LogP contribution in [-0.4, -0.2) is 0 Å². The Balaban J connectivity index is 3.10. The van der Waals surface area contributed by atoms with Crippen LogP contribution in [0.1, 0.15) is 66.2 Å². The van der Waals surface area contributed by atoms with Crippen molar-refractivity contribution in [2.45, 2.75) is 66.2 Å². The Hall–Kier alpha value is 0. The second-order valence-corrected chi connectivity index (χ2v) is 4.31. The van der Waals surface area contributed by atoms with Crippen LogP contribution in [0.5, 0.6) is 0 Å². The molecule has 0 aromatic rings. The highest BCUT2D eigenvalue weighted by atomic mass is 14.1. The molecule has 0 aliphatic carbocycles. The van der Waals surface area contributed by atoms with E-state index in [0.29, 0.717) is 0 Å². The Morgan fingerprint density at radius 3 is 1.33 bits per heavy atom. The zero-order chi connectivity index (χ0) is 9.40. The van der Waals surface area contributed by atoms with E-state index in [1.54, 1.807) is 0 Å². The molecular formula is C12H26. The van der Waals surface area contributed by atoms with Gasteiger partial charge in [-0.3, -0.25) is 0 Å². The Bertz CT molecular complexity index is 74.0. The zero-order valence-electron chi connectivity index (χ0n) is 9.40. The molecule has 74 valence electrons. The first kappa shape index (κ1) is 12.0. The molecule has 2 atom stereocenters. The number of rotatable bonds is 7. The van der Waals surface area contributed by atoms with Gasteiger partial charge in [0, 0.05) is 0 Å². The van der Waals surface area contributed by atoms with E-state index >= 15 is 0 Å². The minimum absolute atomic E-state index is 0.946. The molecule has 0 fully saturated rings. The molecule has 0 saturated carbocycles. The average molecular weight is 170 g/mol. The minimum Gasteiger partial charge on any atom is -0.0651 e. The van der Waals surface area contributed by atoms with Crippen molar-refractivity contribution in [3.8, 4) is 0 Å². The van der Waals surface area contributed by atoms with Crippen LogP contribution in [0.4, 0.5) is 0 Å². The Morgan fingerprint density at radius 2 is 1.08 bits per heavy atom. The maximum absolute atomic E-state index is 2.36. The van der Waals surface area contributed by atoms with Gasteiger partial charge in [-0.05, 0) is 11.8 Å². The molecule has 0 heterocycles. The van der Waals surface area contributed by atoms with Crippen LogP contribution in [0.15, 0.2) is 0 Å². The topological polar surface area (TPSA) is 0 Å². The summed E-state index contributed by atoms with van der Waals surface area (Å²) in [5.41, 5.74) is 0. The van der Waals surface area contributed by atoms with Gasteiger partial charge in [0.05, 0.1) is 0 Å². The predicted octanol–water partition coefficient (Wildman–Crippen LogP) is 4.64. The molecule has 0 spiro atoms. The third-order valence-corrected chi connectivity index (χ3v) is 3.04. The van der Waals surface area contributed by atoms with E-state index < -0.39 is 0 Å². The third-order valence-electron chi connectivity index (χ3n) is 3.04. The summed E-state index contributed by atoms with van der Waals surface area (Å²) < 4.78 is 0. The van der Waals surface area contributed by atoms with Gasteiger partial charge in [-0.25, -0.2) is 0 Å². The van der Waals surface area contributed by atoms with Gasteiger partial charge in [-0.1, -0.05) is 66.2 Å². The second kappa shape index (κ2) is 7.64. The molecule has 0 N–H and O–H groups in total. The normalized spacial score (nSPS) is 16.0. The maximum Gasteiger partial charge on any atom is -0.0445 e. The van der Waals surface area contributed by atoms with Crippen molar-refractivity contribution in [3.63, 3.8) is 0 Å². The van der Waals surface area contributed by atoms with Crippen molar-refractivity contribution in [2.24, 2.45) is 11.8 Å². The molecule has 0 nitrogen and oxygen atoms in total. The molecule has 0 aromatic carbocycles. The largest absolute Gasteiger partial charge is 0.0651 e. The van der Waals surface area contributed by atoms with Crippen LogP contribution in [0.25, 0.3) is 0 Å². The molecule has 0 heteroatoms. The Morgan fingerprint density at radius 1 is 0.750 bits per heavy atom. The lowest BCUT2D eigenvalue weighted by molar-refractivity contribution is 0.436. The minimum atomic E-state index is 0.946. The van der Waals surface area contributed by atoms with E-state index in [0.717, 1.165) is 11.8 Å². The van der Waals surface area contributed by atoms with Crippen molar-refractivity contribution in [3.05, 3.63) is 0 Å². The van der Waals surface area contributed by atoms with Gasteiger partial charge in [0.25, 0.3) is 0 Å². The molecule has 0 aliphatic heterocycles. The first-order valence-electron chi connectivity index (χ1n) is 5.70. The Kier molecular flexibility index (Phi) is 7.64. The lowest BCUT2D eigenvalue weighted by atomic mass is 9.97. The summed E-state index contributed by atoms with van der Waals surface area (Å²) in [7, 11) is 0. The third kappa shape index (κ3) is 6.69. The first-order chi connectivity index (χ1) is 5.70. The fourth-order valence-electron chi connectivity index (χ4n) is 1.39. The summed E-state index contributed by atoms with van der Waals surface area (Å²) in [6.45, 7) is 9.31. The van der Waals surface area contributed by atoms with Crippen LogP contribution in [-0.2, 0) is 0 Å². The summed E-state index contributed by atoms with van der Waals surface area (Å²) in [6, 6.07) is 0. The number of hydrogen-bond donors (Lipinski definition) is 0. The lowest BCUT2D eigenvalue weighted by Crippen LogP contribution is -1.95. The molecule has 0 saturated heterocycles.